The summed E-state index contributed by atoms with van der Waals surface area (Å²) in [7, 11) is 1.33. The van der Waals surface area contributed by atoms with Crippen LogP contribution in [0.1, 0.15) is 39.2 Å². The van der Waals surface area contributed by atoms with E-state index in [1.165, 1.54) is 25.7 Å². The van der Waals surface area contributed by atoms with Crippen LogP contribution in [0, 0.1) is 0 Å². The Morgan fingerprint density at radius 2 is 1.52 bits per heavy atom. The first-order valence-corrected chi connectivity index (χ1v) is 9.16. The molecule has 0 unspecified atom stereocenters. The lowest BCUT2D eigenvalue weighted by atomic mass is 10.2. The quantitative estimate of drug-likeness (QED) is 0.334. The minimum absolute atomic E-state index is 0. The second-order valence-electron chi connectivity index (χ2n) is 5.70. The Bertz CT molecular complexity index is 669. The number of carbonyl (C=O) groups excluding carboxylic acids is 2. The van der Waals surface area contributed by atoms with E-state index >= 15 is 0 Å². The van der Waals surface area contributed by atoms with Gasteiger partial charge in [0.05, 0.1) is 13.7 Å². The number of benzene rings is 1. The zero-order valence-corrected chi connectivity index (χ0v) is 19.2. The average Bonchev–Trinajstić information content (AvgIpc) is 2.74. The number of unbranched alkanes of at least 4 members (excludes halogenated alkanes) is 1. The molecule has 174 valence electrons. The van der Waals surface area contributed by atoms with Crippen LogP contribution in [-0.2, 0) is 23.9 Å². The van der Waals surface area contributed by atoms with Gasteiger partial charge in [0.2, 0.25) is 0 Å². The molecule has 31 heavy (non-hydrogen) atoms. The van der Waals surface area contributed by atoms with Gasteiger partial charge in [0, 0.05) is 17.2 Å². The first kappa shape index (κ1) is 35.0. The van der Waals surface area contributed by atoms with Crippen molar-refractivity contribution in [2.45, 2.75) is 33.6 Å². The average molecular weight is 436 g/mol. The topological polar surface area (TPSA) is 125 Å². The van der Waals surface area contributed by atoms with E-state index in [4.69, 9.17) is 5.11 Å². The molecule has 7 nitrogen and oxygen atoms in total. The van der Waals surface area contributed by atoms with Crippen LogP contribution in [0.3, 0.4) is 0 Å². The molecular formula is C24H37NO6. The molecule has 0 radical (unpaired) electrons. The number of ether oxygens (including phenoxy) is 2. The predicted molar refractivity (Wildman–Crippen MR) is 127 cm³/mol. The van der Waals surface area contributed by atoms with Crippen molar-refractivity contribution in [2.24, 2.45) is 0 Å². The zero-order chi connectivity index (χ0) is 23.9. The van der Waals surface area contributed by atoms with Gasteiger partial charge in [0.25, 0.3) is 0 Å². The van der Waals surface area contributed by atoms with Crippen LogP contribution >= 0.6 is 0 Å². The summed E-state index contributed by atoms with van der Waals surface area (Å²) in [6.45, 7) is 19.0. The Hall–Kier alpha value is -3.45. The molecule has 4 N–H and O–H groups in total. The van der Waals surface area contributed by atoms with E-state index in [0.717, 1.165) is 12.8 Å². The van der Waals surface area contributed by atoms with Crippen molar-refractivity contribution in [1.82, 2.24) is 6.15 Å². The van der Waals surface area contributed by atoms with Gasteiger partial charge >= 0.3 is 17.9 Å². The highest BCUT2D eigenvalue weighted by Crippen LogP contribution is 1.97. The summed E-state index contributed by atoms with van der Waals surface area (Å²) in [4.78, 5) is 30.1. The van der Waals surface area contributed by atoms with Gasteiger partial charge in [0.15, 0.2) is 0 Å². The molecule has 0 spiro atoms. The maximum absolute atomic E-state index is 10.3. The summed E-state index contributed by atoms with van der Waals surface area (Å²) in [6, 6.07) is 10.0. The molecular weight excluding hydrogens is 398 g/mol. The Labute approximate surface area is 186 Å². The van der Waals surface area contributed by atoms with E-state index in [0.29, 0.717) is 12.2 Å². The molecule has 0 bridgehead atoms. The van der Waals surface area contributed by atoms with Gasteiger partial charge in [-0.1, -0.05) is 76.1 Å². The van der Waals surface area contributed by atoms with Gasteiger partial charge < -0.3 is 20.7 Å². The zero-order valence-electron chi connectivity index (χ0n) is 19.2. The molecule has 1 rings (SSSR count). The Kier molecular flexibility index (Phi) is 27.8. The number of esters is 2. The standard InChI is InChI=1S/C8H8.C7H12O2.C5H8O2.C4H6O2.H3N/c1-2-8-6-4-3-5-7-8;1-3-5-6-9-7(8)4-2;1-4(2)5(6)7-3;1-3(2)4(5)6;/h2-7H,1H2;4H,2-3,5-6H2,1H3;1H2,2-3H3;1H2,2H3,(H,5,6);1H3. The number of hydrogen-bond acceptors (Lipinski definition) is 6. The van der Waals surface area contributed by atoms with Gasteiger partial charge in [0.1, 0.15) is 0 Å². The number of aliphatic carboxylic acids is 1. The molecule has 1 aromatic rings. The van der Waals surface area contributed by atoms with Gasteiger partial charge in [-0.15, -0.1) is 0 Å². The van der Waals surface area contributed by atoms with Crippen LogP contribution in [0.25, 0.3) is 6.08 Å². The number of rotatable bonds is 7. The number of methoxy groups -OCH3 is 1. The highest BCUT2D eigenvalue weighted by Gasteiger charge is 1.95. The number of carbonyl (C=O) groups is 3. The Balaban J connectivity index is -0.000000157. The summed E-state index contributed by atoms with van der Waals surface area (Å²) in [6.07, 6.45) is 4.99. The number of carboxylic acid groups (broad SMARTS) is 1. The molecule has 0 saturated carbocycles. The fraction of sp³-hybridized carbons (Fsp3) is 0.292. The molecule has 7 heteroatoms. The van der Waals surface area contributed by atoms with E-state index in [2.05, 4.69) is 35.8 Å². The van der Waals surface area contributed by atoms with Crippen LogP contribution in [0.15, 0.2) is 73.9 Å². The van der Waals surface area contributed by atoms with Crippen molar-refractivity contribution < 1.29 is 29.0 Å². The minimum Gasteiger partial charge on any atom is -0.478 e. The van der Waals surface area contributed by atoms with Gasteiger partial charge in [-0.3, -0.25) is 0 Å². The molecule has 0 aliphatic carbocycles. The summed E-state index contributed by atoms with van der Waals surface area (Å²) in [5.41, 5.74) is 1.78. The second kappa shape index (κ2) is 24.6. The van der Waals surface area contributed by atoms with Gasteiger partial charge in [-0.25, -0.2) is 14.4 Å². The second-order valence-corrected chi connectivity index (χ2v) is 5.70. The van der Waals surface area contributed by atoms with E-state index in [1.54, 1.807) is 6.92 Å². The third kappa shape index (κ3) is 28.9. The van der Waals surface area contributed by atoms with Crippen LogP contribution in [-0.4, -0.2) is 36.7 Å². The first-order valence-electron chi connectivity index (χ1n) is 9.16. The maximum Gasteiger partial charge on any atom is 0.332 e. The van der Waals surface area contributed by atoms with Crippen LogP contribution in [0.2, 0.25) is 0 Å². The first-order chi connectivity index (χ1) is 14.1. The van der Waals surface area contributed by atoms with E-state index < -0.39 is 5.97 Å². The van der Waals surface area contributed by atoms with Gasteiger partial charge in [-0.05, 0) is 25.8 Å². The third-order valence-corrected chi connectivity index (χ3v) is 2.84. The molecule has 0 aromatic heterocycles. The van der Waals surface area contributed by atoms with Crippen molar-refractivity contribution in [3.05, 3.63) is 79.4 Å². The molecule has 1 aromatic carbocycles. The molecule has 0 amide bonds. The summed E-state index contributed by atoms with van der Waals surface area (Å²) >= 11 is 0. The lowest BCUT2D eigenvalue weighted by molar-refractivity contribution is -0.138. The third-order valence-electron chi connectivity index (χ3n) is 2.84. The highest BCUT2D eigenvalue weighted by molar-refractivity contribution is 5.86. The Morgan fingerprint density at radius 1 is 1.03 bits per heavy atom. The van der Waals surface area contributed by atoms with Crippen LogP contribution < -0.4 is 6.15 Å². The van der Waals surface area contributed by atoms with Crippen molar-refractivity contribution >= 4 is 24.0 Å². The molecule has 0 aliphatic rings. The highest BCUT2D eigenvalue weighted by atomic mass is 16.5. The lowest BCUT2D eigenvalue weighted by Crippen LogP contribution is -2.00. The summed E-state index contributed by atoms with van der Waals surface area (Å²) in [5.74, 6) is -1.61. The van der Waals surface area contributed by atoms with Crippen LogP contribution in [0.5, 0.6) is 0 Å². The fourth-order valence-electron chi connectivity index (χ4n) is 1.14. The molecule has 0 saturated heterocycles. The molecule has 0 atom stereocenters. The van der Waals surface area contributed by atoms with Gasteiger partial charge in [-0.2, -0.15) is 0 Å². The largest absolute Gasteiger partial charge is 0.478 e. The smallest absolute Gasteiger partial charge is 0.332 e. The van der Waals surface area contributed by atoms with Crippen molar-refractivity contribution in [3.8, 4) is 0 Å². The van der Waals surface area contributed by atoms with Crippen molar-refractivity contribution in [2.75, 3.05) is 13.7 Å². The lowest BCUT2D eigenvalue weighted by Gasteiger charge is -1.97. The van der Waals surface area contributed by atoms with Crippen molar-refractivity contribution in [1.29, 1.82) is 0 Å². The SMILES string of the molecule is C=C(C)C(=O)O.C=C(C)C(=O)OC.C=CC(=O)OCCCC.C=Cc1ccccc1.N. The minimum atomic E-state index is -0.935. The van der Waals surface area contributed by atoms with Crippen LogP contribution in [0.4, 0.5) is 0 Å². The Morgan fingerprint density at radius 3 is 1.74 bits per heavy atom. The molecule has 0 fully saturated rings. The van der Waals surface area contributed by atoms with Crippen molar-refractivity contribution in [3.63, 3.8) is 0 Å². The number of hydrogen-bond donors (Lipinski definition) is 2. The fourth-order valence-corrected chi connectivity index (χ4v) is 1.14. The molecule has 0 aliphatic heterocycles. The normalized spacial score (nSPS) is 7.87. The molecule has 0 heterocycles. The van der Waals surface area contributed by atoms with E-state index in [1.807, 2.05) is 43.3 Å². The van der Waals surface area contributed by atoms with E-state index in [-0.39, 0.29) is 23.7 Å². The van der Waals surface area contributed by atoms with E-state index in [9.17, 15) is 14.4 Å². The monoisotopic (exact) mass is 435 g/mol. The predicted octanol–water partition coefficient (Wildman–Crippen LogP) is 5.39. The number of carboxylic acids is 1. The summed E-state index contributed by atoms with van der Waals surface area (Å²) < 4.78 is 8.95. The maximum atomic E-state index is 10.3. The summed E-state index contributed by atoms with van der Waals surface area (Å²) in [5, 5.41) is 7.89.